The summed E-state index contributed by atoms with van der Waals surface area (Å²) in [6.45, 7) is 2.78. The van der Waals surface area contributed by atoms with Gasteiger partial charge in [0.25, 0.3) is 11.6 Å². The summed E-state index contributed by atoms with van der Waals surface area (Å²) in [7, 11) is 1.77. The molecular weight excluding hydrogens is 354 g/mol. The van der Waals surface area contributed by atoms with Gasteiger partial charge in [-0.2, -0.15) is 0 Å². The molecule has 1 aliphatic rings. The van der Waals surface area contributed by atoms with Crippen LogP contribution in [0.4, 0.5) is 5.69 Å². The zero-order chi connectivity index (χ0) is 18.7. The van der Waals surface area contributed by atoms with Crippen molar-refractivity contribution in [3.63, 3.8) is 0 Å². The van der Waals surface area contributed by atoms with Gasteiger partial charge < -0.3 is 9.47 Å². The van der Waals surface area contributed by atoms with Crippen molar-refractivity contribution in [2.24, 2.45) is 7.05 Å². The Morgan fingerprint density at radius 1 is 1.42 bits per heavy atom. The number of nitro groups is 1. The molecule has 0 bridgehead atoms. The molecule has 3 rings (SSSR count). The molecule has 1 aromatic carbocycles. The number of carbonyl (C=O) groups is 1. The van der Waals surface area contributed by atoms with E-state index in [-0.39, 0.29) is 17.6 Å². The average molecular weight is 375 g/mol. The zero-order valence-corrected chi connectivity index (χ0v) is 15.6. The van der Waals surface area contributed by atoms with Crippen LogP contribution in [0.1, 0.15) is 43.0 Å². The summed E-state index contributed by atoms with van der Waals surface area (Å²) in [6, 6.07) is 4.87. The fraction of sp³-hybridized carbons (Fsp3) is 0.471. The minimum absolute atomic E-state index is 0.0890. The van der Waals surface area contributed by atoms with Crippen molar-refractivity contribution in [1.82, 2.24) is 19.7 Å². The first-order valence-electron chi connectivity index (χ1n) is 8.62. The van der Waals surface area contributed by atoms with Crippen LogP contribution in [0.3, 0.4) is 0 Å². The molecule has 1 amide bonds. The number of hydrogen-bond acceptors (Lipinski definition) is 6. The van der Waals surface area contributed by atoms with E-state index < -0.39 is 4.92 Å². The molecule has 138 valence electrons. The Bertz CT molecular complexity index is 822. The fourth-order valence-corrected chi connectivity index (χ4v) is 4.05. The maximum absolute atomic E-state index is 12.9. The van der Waals surface area contributed by atoms with Crippen molar-refractivity contribution in [3.8, 4) is 0 Å². The van der Waals surface area contributed by atoms with Crippen molar-refractivity contribution in [3.05, 3.63) is 40.2 Å². The Kier molecular flexibility index (Phi) is 5.55. The van der Waals surface area contributed by atoms with Crippen LogP contribution in [0.25, 0.3) is 0 Å². The number of aryl methyl sites for hydroxylation is 1. The third kappa shape index (κ3) is 3.72. The number of nitrogens with zero attached hydrogens (tertiary/aromatic N) is 5. The minimum atomic E-state index is -0.455. The topological polar surface area (TPSA) is 94.2 Å². The number of piperidine rings is 1. The predicted molar refractivity (Wildman–Crippen MR) is 97.2 cm³/mol. The van der Waals surface area contributed by atoms with Crippen LogP contribution < -0.4 is 0 Å². The lowest BCUT2D eigenvalue weighted by atomic mass is 9.99. The third-order valence-corrected chi connectivity index (χ3v) is 5.75. The van der Waals surface area contributed by atoms with Crippen molar-refractivity contribution in [2.45, 2.75) is 48.7 Å². The van der Waals surface area contributed by atoms with Gasteiger partial charge in [-0.05, 0) is 49.6 Å². The Labute approximate surface area is 155 Å². The van der Waals surface area contributed by atoms with Crippen molar-refractivity contribution >= 4 is 23.4 Å². The molecule has 0 N–H and O–H groups in total. The van der Waals surface area contributed by atoms with Gasteiger partial charge >= 0.3 is 0 Å². The first-order valence-corrected chi connectivity index (χ1v) is 9.44. The van der Waals surface area contributed by atoms with Gasteiger partial charge in [-0.3, -0.25) is 14.9 Å². The van der Waals surface area contributed by atoms with Gasteiger partial charge in [0.2, 0.25) is 0 Å². The number of aromatic nitrogens is 3. The van der Waals surface area contributed by atoms with E-state index in [0.717, 1.165) is 37.4 Å². The summed E-state index contributed by atoms with van der Waals surface area (Å²) >= 11 is 1.16. The summed E-state index contributed by atoms with van der Waals surface area (Å²) < 4.78 is 1.69. The minimum Gasteiger partial charge on any atom is -0.336 e. The molecule has 9 heteroatoms. The molecule has 8 nitrogen and oxygen atoms in total. The van der Waals surface area contributed by atoms with Crippen LogP contribution in [0.15, 0.2) is 34.6 Å². The smallest absolute Gasteiger partial charge is 0.284 e. The molecule has 0 aliphatic carbocycles. The van der Waals surface area contributed by atoms with Crippen LogP contribution in [0.2, 0.25) is 0 Å². The van der Waals surface area contributed by atoms with Gasteiger partial charge in [0.1, 0.15) is 6.33 Å². The highest BCUT2D eigenvalue weighted by molar-refractivity contribution is 7.99. The molecule has 2 aromatic rings. The zero-order valence-electron chi connectivity index (χ0n) is 14.8. The largest absolute Gasteiger partial charge is 0.336 e. The summed E-state index contributed by atoms with van der Waals surface area (Å²) in [6.07, 6.45) is 5.52. The Hall–Kier alpha value is -2.42. The molecule has 1 atom stereocenters. The van der Waals surface area contributed by atoms with Gasteiger partial charge in [0, 0.05) is 31.3 Å². The van der Waals surface area contributed by atoms with Gasteiger partial charge in [0.05, 0.1) is 9.82 Å². The summed E-state index contributed by atoms with van der Waals surface area (Å²) in [5.74, 6) is -0.130. The van der Waals surface area contributed by atoms with Crippen LogP contribution >= 0.6 is 11.8 Å². The van der Waals surface area contributed by atoms with Gasteiger partial charge in [-0.25, -0.2) is 0 Å². The lowest BCUT2D eigenvalue weighted by Crippen LogP contribution is -2.43. The number of likely N-dealkylation sites (tertiary alicyclic amines) is 1. The predicted octanol–water partition coefficient (Wildman–Crippen LogP) is 3.28. The molecule has 0 spiro atoms. The molecular formula is C17H21N5O3S. The van der Waals surface area contributed by atoms with Crippen molar-refractivity contribution < 1.29 is 9.72 Å². The number of hydrogen-bond donors (Lipinski definition) is 0. The molecule has 2 heterocycles. The molecule has 1 saturated heterocycles. The summed E-state index contributed by atoms with van der Waals surface area (Å²) in [4.78, 5) is 26.3. The number of benzene rings is 1. The molecule has 1 unspecified atom stereocenters. The van der Waals surface area contributed by atoms with Crippen LogP contribution in [-0.2, 0) is 7.05 Å². The quantitative estimate of drug-likeness (QED) is 0.588. The normalized spacial score (nSPS) is 17.3. The summed E-state index contributed by atoms with van der Waals surface area (Å²) in [5.41, 5.74) is 0.272. The van der Waals surface area contributed by atoms with Gasteiger partial charge in [0.15, 0.2) is 5.16 Å². The van der Waals surface area contributed by atoms with Crippen LogP contribution in [-0.4, -0.2) is 43.1 Å². The van der Waals surface area contributed by atoms with Crippen LogP contribution in [0.5, 0.6) is 0 Å². The van der Waals surface area contributed by atoms with E-state index in [1.807, 2.05) is 4.90 Å². The first-order chi connectivity index (χ1) is 12.5. The third-order valence-electron chi connectivity index (χ3n) is 4.63. The number of nitro benzene ring substituents is 1. The maximum atomic E-state index is 12.9. The maximum Gasteiger partial charge on any atom is 0.284 e. The molecule has 26 heavy (non-hydrogen) atoms. The number of rotatable bonds is 5. The highest BCUT2D eigenvalue weighted by Crippen LogP contribution is 2.34. The SMILES string of the molecule is CCC1CCCCN1C(=O)c1ccc(Sc2nncn2C)c([N+](=O)[O-])c1. The monoisotopic (exact) mass is 375 g/mol. The molecule has 1 aliphatic heterocycles. The van der Waals surface area contributed by atoms with Gasteiger partial charge in [-0.1, -0.05) is 6.92 Å². The lowest BCUT2D eigenvalue weighted by Gasteiger charge is -2.35. The highest BCUT2D eigenvalue weighted by atomic mass is 32.2. The molecule has 0 saturated carbocycles. The Balaban J connectivity index is 1.89. The van der Waals surface area contributed by atoms with Crippen molar-refractivity contribution in [2.75, 3.05) is 6.54 Å². The second-order valence-electron chi connectivity index (χ2n) is 6.32. The van der Waals surface area contributed by atoms with E-state index in [4.69, 9.17) is 0 Å². The lowest BCUT2D eigenvalue weighted by molar-refractivity contribution is -0.387. The van der Waals surface area contributed by atoms with Crippen LogP contribution in [0, 0.1) is 10.1 Å². The Morgan fingerprint density at radius 2 is 2.23 bits per heavy atom. The Morgan fingerprint density at radius 3 is 2.88 bits per heavy atom. The number of carbonyl (C=O) groups excluding carboxylic acids is 1. The molecule has 1 fully saturated rings. The second kappa shape index (κ2) is 7.86. The van der Waals surface area contributed by atoms with E-state index in [1.165, 1.54) is 12.4 Å². The van der Waals surface area contributed by atoms with E-state index in [9.17, 15) is 14.9 Å². The first kappa shape index (κ1) is 18.4. The highest BCUT2D eigenvalue weighted by Gasteiger charge is 2.28. The van der Waals surface area contributed by atoms with E-state index in [0.29, 0.717) is 22.2 Å². The second-order valence-corrected chi connectivity index (χ2v) is 7.33. The summed E-state index contributed by atoms with van der Waals surface area (Å²) in [5, 5.41) is 19.8. The van der Waals surface area contributed by atoms with Crippen molar-refractivity contribution in [1.29, 1.82) is 0 Å². The van der Waals surface area contributed by atoms with E-state index in [1.54, 1.807) is 23.7 Å². The number of amides is 1. The molecule has 0 radical (unpaired) electrons. The molecule has 1 aromatic heterocycles. The van der Waals surface area contributed by atoms with E-state index >= 15 is 0 Å². The van der Waals surface area contributed by atoms with Gasteiger partial charge in [-0.15, -0.1) is 10.2 Å². The van der Waals surface area contributed by atoms with E-state index in [2.05, 4.69) is 17.1 Å². The fourth-order valence-electron chi connectivity index (χ4n) is 3.20. The standard InChI is InChI=1S/C17H21N5O3S/c1-3-13-6-4-5-9-21(13)16(23)12-7-8-15(14(10-12)22(24)25)26-17-19-18-11-20(17)2/h7-8,10-11,13H,3-6,9H2,1-2H3. The average Bonchev–Trinajstić information content (AvgIpc) is 3.06.